The fourth-order valence-electron chi connectivity index (χ4n) is 3.23. The molecule has 0 aliphatic rings. The van der Waals surface area contributed by atoms with Gasteiger partial charge in [-0.15, -0.1) is 0 Å². The number of pyridine rings is 1. The Morgan fingerprint density at radius 3 is 1.57 bits per heavy atom. The normalized spacial score (nSPS) is 11.0. The number of hydrogen-bond donors (Lipinski definition) is 0. The van der Waals surface area contributed by atoms with Gasteiger partial charge in [-0.3, -0.25) is 0 Å². The molecule has 1 heterocycles. The molecule has 1 aromatic heterocycles. The van der Waals surface area contributed by atoms with Gasteiger partial charge in [-0.25, -0.2) is 4.57 Å². The number of unbranched alkanes of at least 4 members (excludes halogenated alkanes) is 11. The van der Waals surface area contributed by atoms with E-state index in [0.717, 1.165) is 0 Å². The Morgan fingerprint density at radius 2 is 1.09 bits per heavy atom. The Hall–Kier alpha value is -0.850. The van der Waals surface area contributed by atoms with Crippen molar-refractivity contribution in [3.05, 3.63) is 30.1 Å². The molecular formula is C22H40N+. The van der Waals surface area contributed by atoms with E-state index in [1.165, 1.54) is 102 Å². The third-order valence-corrected chi connectivity index (χ3v) is 4.77. The van der Waals surface area contributed by atoms with Gasteiger partial charge in [0.2, 0.25) is 0 Å². The first-order valence-corrected chi connectivity index (χ1v) is 10.3. The fraction of sp³-hybridized carbons (Fsp3) is 0.773. The summed E-state index contributed by atoms with van der Waals surface area (Å²) in [5.41, 5.74) is 1.47. The Labute approximate surface area is 145 Å². The van der Waals surface area contributed by atoms with Crippen molar-refractivity contribution in [2.45, 2.75) is 110 Å². The summed E-state index contributed by atoms with van der Waals surface area (Å²) < 4.78 is 2.34. The van der Waals surface area contributed by atoms with E-state index in [1.807, 2.05) is 0 Å². The zero-order valence-corrected chi connectivity index (χ0v) is 15.9. The molecule has 1 aromatic rings. The van der Waals surface area contributed by atoms with E-state index in [0.29, 0.717) is 0 Å². The number of nitrogens with zero attached hydrogens (tertiary/aromatic N) is 1. The van der Waals surface area contributed by atoms with Crippen LogP contribution in [0.1, 0.15) is 103 Å². The van der Waals surface area contributed by atoms with Crippen molar-refractivity contribution in [1.29, 1.82) is 0 Å². The molecule has 1 rings (SSSR count). The minimum Gasteiger partial charge on any atom is -0.205 e. The lowest BCUT2D eigenvalue weighted by molar-refractivity contribution is -0.697. The maximum atomic E-state index is 2.34. The highest BCUT2D eigenvalue weighted by Gasteiger charge is 2.00. The maximum absolute atomic E-state index is 2.34. The molecular weight excluding hydrogens is 278 g/mol. The molecule has 1 heteroatoms. The number of aromatic nitrogens is 1. The van der Waals surface area contributed by atoms with Crippen LogP contribution in [0.25, 0.3) is 0 Å². The molecule has 0 saturated heterocycles. The number of hydrogen-bond acceptors (Lipinski definition) is 0. The Morgan fingerprint density at radius 1 is 0.609 bits per heavy atom. The molecule has 0 aliphatic carbocycles. The third kappa shape index (κ3) is 11.3. The van der Waals surface area contributed by atoms with Crippen molar-refractivity contribution >= 4 is 0 Å². The number of rotatable bonds is 15. The third-order valence-electron chi connectivity index (χ3n) is 4.77. The second-order valence-corrected chi connectivity index (χ2v) is 7.08. The summed E-state index contributed by atoms with van der Waals surface area (Å²) in [6, 6.07) is 4.56. The van der Waals surface area contributed by atoms with Gasteiger partial charge in [0.15, 0.2) is 12.4 Å². The van der Waals surface area contributed by atoms with Crippen LogP contribution in [0.5, 0.6) is 0 Å². The van der Waals surface area contributed by atoms with Gasteiger partial charge in [-0.2, -0.15) is 0 Å². The van der Waals surface area contributed by atoms with E-state index in [-0.39, 0.29) is 0 Å². The van der Waals surface area contributed by atoms with Crippen molar-refractivity contribution in [1.82, 2.24) is 0 Å². The molecule has 0 saturated carbocycles. The molecule has 0 atom stereocenters. The maximum Gasteiger partial charge on any atom is 0.169 e. The summed E-state index contributed by atoms with van der Waals surface area (Å²) in [6.07, 6.45) is 24.1. The van der Waals surface area contributed by atoms with Gasteiger partial charge >= 0.3 is 0 Å². The minimum atomic E-state index is 1.18. The molecule has 0 N–H and O–H groups in total. The highest BCUT2D eigenvalue weighted by molar-refractivity contribution is 5.06. The highest BCUT2D eigenvalue weighted by Crippen LogP contribution is 2.11. The Bertz CT molecular complexity index is 355. The van der Waals surface area contributed by atoms with Gasteiger partial charge in [-0.1, -0.05) is 84.5 Å². The van der Waals surface area contributed by atoms with Crippen molar-refractivity contribution < 1.29 is 4.57 Å². The molecule has 0 amide bonds. The average Bonchev–Trinajstić information content (AvgIpc) is 2.57. The first-order valence-electron chi connectivity index (χ1n) is 10.3. The Kier molecular flexibility index (Phi) is 12.9. The van der Waals surface area contributed by atoms with Crippen LogP contribution < -0.4 is 4.57 Å². The van der Waals surface area contributed by atoms with Gasteiger partial charge in [0.25, 0.3) is 0 Å². The summed E-state index contributed by atoms with van der Waals surface area (Å²) in [4.78, 5) is 0. The largest absolute Gasteiger partial charge is 0.205 e. The van der Waals surface area contributed by atoms with Crippen molar-refractivity contribution in [2.75, 3.05) is 0 Å². The topological polar surface area (TPSA) is 3.88 Å². The molecule has 0 radical (unpaired) electrons. The summed E-state index contributed by atoms with van der Waals surface area (Å²) in [5, 5.41) is 0. The molecule has 0 bridgehead atoms. The molecule has 0 aliphatic heterocycles. The average molecular weight is 319 g/mol. The predicted molar refractivity (Wildman–Crippen MR) is 102 cm³/mol. The lowest BCUT2D eigenvalue weighted by Gasteiger charge is -2.02. The van der Waals surface area contributed by atoms with E-state index in [1.54, 1.807) is 0 Å². The summed E-state index contributed by atoms with van der Waals surface area (Å²) in [7, 11) is 0. The van der Waals surface area contributed by atoms with E-state index >= 15 is 0 Å². The van der Waals surface area contributed by atoms with Crippen LogP contribution in [0.4, 0.5) is 0 Å². The van der Waals surface area contributed by atoms with Gasteiger partial charge in [0.05, 0.1) is 0 Å². The summed E-state index contributed by atoms with van der Waals surface area (Å²) in [6.45, 7) is 5.72. The van der Waals surface area contributed by atoms with E-state index in [9.17, 15) is 0 Å². The second-order valence-electron chi connectivity index (χ2n) is 7.08. The van der Waals surface area contributed by atoms with Crippen molar-refractivity contribution in [2.24, 2.45) is 0 Å². The van der Waals surface area contributed by atoms with E-state index in [2.05, 4.69) is 42.9 Å². The second kappa shape index (κ2) is 14.7. The van der Waals surface area contributed by atoms with E-state index in [4.69, 9.17) is 0 Å². The molecule has 0 spiro atoms. The van der Waals surface area contributed by atoms with Crippen LogP contribution in [0.15, 0.2) is 24.5 Å². The van der Waals surface area contributed by atoms with Gasteiger partial charge in [0.1, 0.15) is 6.54 Å². The van der Waals surface area contributed by atoms with Gasteiger partial charge < -0.3 is 0 Å². The molecule has 132 valence electrons. The van der Waals surface area contributed by atoms with Crippen LogP contribution in [0.3, 0.4) is 0 Å². The smallest absolute Gasteiger partial charge is 0.169 e. The predicted octanol–water partition coefficient (Wildman–Crippen LogP) is 6.63. The van der Waals surface area contributed by atoms with Crippen LogP contribution in [-0.4, -0.2) is 0 Å². The lowest BCUT2D eigenvalue weighted by atomic mass is 10.1. The van der Waals surface area contributed by atoms with E-state index < -0.39 is 0 Å². The van der Waals surface area contributed by atoms with Crippen LogP contribution in [-0.2, 0) is 13.0 Å². The fourth-order valence-corrected chi connectivity index (χ4v) is 3.23. The standard InChI is InChI=1S/C22H40N/c1-3-5-6-7-8-9-10-11-12-13-14-15-19-23-20-17-22(16-4-2)18-21-23/h17-18,20-21H,3-16,19H2,1-2H3/q+1. The van der Waals surface area contributed by atoms with Crippen LogP contribution in [0.2, 0.25) is 0 Å². The molecule has 23 heavy (non-hydrogen) atoms. The van der Waals surface area contributed by atoms with Crippen molar-refractivity contribution in [3.8, 4) is 0 Å². The zero-order chi connectivity index (χ0) is 16.6. The summed E-state index contributed by atoms with van der Waals surface area (Å²) in [5.74, 6) is 0. The lowest BCUT2D eigenvalue weighted by Crippen LogP contribution is -2.32. The summed E-state index contributed by atoms with van der Waals surface area (Å²) >= 11 is 0. The SMILES string of the molecule is CCCCCCCCCCCCCC[n+]1ccc(CCC)cc1. The zero-order valence-electron chi connectivity index (χ0n) is 15.9. The first kappa shape index (κ1) is 20.2. The van der Waals surface area contributed by atoms with Crippen LogP contribution in [0, 0.1) is 0 Å². The molecule has 1 nitrogen and oxygen atoms in total. The van der Waals surface area contributed by atoms with Crippen LogP contribution >= 0.6 is 0 Å². The Balaban J connectivity index is 1.87. The molecule has 0 aromatic carbocycles. The number of aryl methyl sites for hydroxylation is 2. The highest BCUT2D eigenvalue weighted by atomic mass is 14.9. The van der Waals surface area contributed by atoms with Crippen molar-refractivity contribution in [3.63, 3.8) is 0 Å². The van der Waals surface area contributed by atoms with Gasteiger partial charge in [0, 0.05) is 18.6 Å². The quantitative estimate of drug-likeness (QED) is 0.252. The monoisotopic (exact) mass is 318 g/mol. The molecule has 0 fully saturated rings. The first-order chi connectivity index (χ1) is 11.4. The van der Waals surface area contributed by atoms with Gasteiger partial charge in [-0.05, 0) is 18.4 Å². The molecule has 0 unspecified atom stereocenters. The minimum absolute atomic E-state index is 1.18.